The van der Waals surface area contributed by atoms with E-state index in [1.54, 1.807) is 6.07 Å². The first-order chi connectivity index (χ1) is 6.98. The molecule has 0 radical (unpaired) electrons. The molecule has 0 fully saturated rings. The van der Waals surface area contributed by atoms with Gasteiger partial charge in [-0.15, -0.1) is 0 Å². The summed E-state index contributed by atoms with van der Waals surface area (Å²) in [6.45, 7) is 0. The maximum Gasteiger partial charge on any atom is 0.407 e. The third-order valence-electron chi connectivity index (χ3n) is 2.18. The maximum absolute atomic E-state index is 12.3. The summed E-state index contributed by atoms with van der Waals surface area (Å²) in [6.07, 6.45) is -2.88. The van der Waals surface area contributed by atoms with E-state index in [9.17, 15) is 13.2 Å². The Balaban J connectivity index is 2.44. The monoisotopic (exact) mass is 215 g/mol. The third-order valence-corrected chi connectivity index (χ3v) is 2.18. The second kappa shape index (κ2) is 3.23. The minimum atomic E-state index is -4.42. The Morgan fingerprint density at radius 2 is 2.07 bits per heavy atom. The number of aromatic amines is 1. The van der Waals surface area contributed by atoms with Crippen molar-refractivity contribution in [2.24, 2.45) is 5.73 Å². The molecular weight excluding hydrogens is 207 g/mol. The summed E-state index contributed by atoms with van der Waals surface area (Å²) in [5.74, 6) is 0. The number of hydrogen-bond donors (Lipinski definition) is 2. The first kappa shape index (κ1) is 9.97. The fourth-order valence-electron chi connectivity index (χ4n) is 1.34. The van der Waals surface area contributed by atoms with Crippen LogP contribution in [-0.4, -0.2) is 16.4 Å². The summed E-state index contributed by atoms with van der Waals surface area (Å²) in [5, 5.41) is 7.07. The second-order valence-electron chi connectivity index (χ2n) is 3.24. The van der Waals surface area contributed by atoms with Crippen LogP contribution in [-0.2, 0) is 0 Å². The summed E-state index contributed by atoms with van der Waals surface area (Å²) >= 11 is 0. The van der Waals surface area contributed by atoms with Gasteiger partial charge in [0.2, 0.25) is 0 Å². The molecular formula is C9H8F3N3. The molecule has 1 atom stereocenters. The number of aromatic nitrogens is 2. The van der Waals surface area contributed by atoms with Gasteiger partial charge in [-0.1, -0.05) is 12.1 Å². The van der Waals surface area contributed by atoms with Crippen LogP contribution in [0.15, 0.2) is 24.4 Å². The predicted molar refractivity (Wildman–Crippen MR) is 49.1 cm³/mol. The predicted octanol–water partition coefficient (Wildman–Crippen LogP) is 2.12. The Morgan fingerprint density at radius 3 is 2.73 bits per heavy atom. The number of nitrogens with two attached hydrogens (primary N) is 1. The highest BCUT2D eigenvalue weighted by Gasteiger charge is 2.37. The van der Waals surface area contributed by atoms with Crippen LogP contribution in [0, 0.1) is 0 Å². The fourth-order valence-corrected chi connectivity index (χ4v) is 1.34. The summed E-state index contributed by atoms with van der Waals surface area (Å²) in [7, 11) is 0. The average Bonchev–Trinajstić information content (AvgIpc) is 2.61. The number of H-pyrrole nitrogens is 1. The quantitative estimate of drug-likeness (QED) is 0.765. The molecule has 0 aliphatic rings. The van der Waals surface area contributed by atoms with Gasteiger partial charge in [-0.2, -0.15) is 18.3 Å². The molecule has 0 saturated heterocycles. The van der Waals surface area contributed by atoms with Crippen LogP contribution in [0.25, 0.3) is 10.9 Å². The van der Waals surface area contributed by atoms with Gasteiger partial charge in [-0.3, -0.25) is 5.10 Å². The van der Waals surface area contributed by atoms with E-state index in [-0.39, 0.29) is 5.56 Å². The number of fused-ring (bicyclic) bond motifs is 1. The summed E-state index contributed by atoms with van der Waals surface area (Å²) in [6, 6.07) is 2.32. The van der Waals surface area contributed by atoms with E-state index in [2.05, 4.69) is 10.2 Å². The lowest BCUT2D eigenvalue weighted by Crippen LogP contribution is -2.28. The van der Waals surface area contributed by atoms with E-state index < -0.39 is 12.2 Å². The van der Waals surface area contributed by atoms with Crippen molar-refractivity contribution in [1.29, 1.82) is 0 Å². The van der Waals surface area contributed by atoms with Gasteiger partial charge in [0.15, 0.2) is 0 Å². The molecule has 15 heavy (non-hydrogen) atoms. The molecule has 2 aromatic rings. The number of nitrogens with one attached hydrogen (secondary N) is 1. The molecule has 3 N–H and O–H groups in total. The summed E-state index contributed by atoms with van der Waals surface area (Å²) in [4.78, 5) is 0. The smallest absolute Gasteiger partial charge is 0.316 e. The molecule has 0 amide bonds. The van der Waals surface area contributed by atoms with Crippen molar-refractivity contribution >= 4 is 10.9 Å². The van der Waals surface area contributed by atoms with Crippen LogP contribution in [0.2, 0.25) is 0 Å². The molecule has 3 nitrogen and oxygen atoms in total. The number of rotatable bonds is 1. The van der Waals surface area contributed by atoms with E-state index in [1.165, 1.54) is 18.3 Å². The molecule has 6 heteroatoms. The van der Waals surface area contributed by atoms with Gasteiger partial charge in [0.1, 0.15) is 6.04 Å². The molecule has 1 heterocycles. The normalized spacial score (nSPS) is 14.4. The number of alkyl halides is 3. The van der Waals surface area contributed by atoms with Crippen LogP contribution in [0.4, 0.5) is 13.2 Å². The van der Waals surface area contributed by atoms with Gasteiger partial charge in [0.05, 0.1) is 11.7 Å². The zero-order chi connectivity index (χ0) is 11.1. The lowest BCUT2D eigenvalue weighted by Gasteiger charge is -2.15. The zero-order valence-corrected chi connectivity index (χ0v) is 7.55. The number of halogens is 3. The standard InChI is InChI=1S/C9H8F3N3/c10-9(11,12)8(13)5-1-2-6-4-14-15-7(6)3-5/h1-4,8H,13H2,(H,14,15). The van der Waals surface area contributed by atoms with E-state index in [4.69, 9.17) is 5.73 Å². The largest absolute Gasteiger partial charge is 0.407 e. The molecule has 0 saturated carbocycles. The minimum Gasteiger partial charge on any atom is -0.316 e. The average molecular weight is 215 g/mol. The first-order valence-electron chi connectivity index (χ1n) is 4.24. The fraction of sp³-hybridized carbons (Fsp3) is 0.222. The zero-order valence-electron chi connectivity index (χ0n) is 7.55. The van der Waals surface area contributed by atoms with Crippen LogP contribution in [0.1, 0.15) is 11.6 Å². The van der Waals surface area contributed by atoms with E-state index in [0.29, 0.717) is 5.52 Å². The molecule has 80 valence electrons. The highest BCUT2D eigenvalue weighted by molar-refractivity contribution is 5.78. The van der Waals surface area contributed by atoms with Crippen LogP contribution >= 0.6 is 0 Å². The Bertz CT molecular complexity index is 475. The van der Waals surface area contributed by atoms with Crippen molar-refractivity contribution in [3.63, 3.8) is 0 Å². The Morgan fingerprint density at radius 1 is 1.33 bits per heavy atom. The van der Waals surface area contributed by atoms with Gasteiger partial charge in [0, 0.05) is 5.39 Å². The molecule has 1 aromatic heterocycles. The summed E-state index contributed by atoms with van der Waals surface area (Å²) < 4.78 is 36.9. The SMILES string of the molecule is NC(c1ccc2cn[nH]c2c1)C(F)(F)F. The van der Waals surface area contributed by atoms with E-state index >= 15 is 0 Å². The topological polar surface area (TPSA) is 54.7 Å². The Kier molecular flexibility index (Phi) is 2.15. The lowest BCUT2D eigenvalue weighted by atomic mass is 10.1. The van der Waals surface area contributed by atoms with Crippen molar-refractivity contribution in [2.75, 3.05) is 0 Å². The van der Waals surface area contributed by atoms with Crippen LogP contribution in [0.5, 0.6) is 0 Å². The molecule has 0 aliphatic carbocycles. The van der Waals surface area contributed by atoms with E-state index in [1.807, 2.05) is 0 Å². The van der Waals surface area contributed by atoms with Crippen LogP contribution < -0.4 is 5.73 Å². The van der Waals surface area contributed by atoms with E-state index in [0.717, 1.165) is 5.39 Å². The highest BCUT2D eigenvalue weighted by atomic mass is 19.4. The van der Waals surface area contributed by atoms with Gasteiger partial charge < -0.3 is 5.73 Å². The highest BCUT2D eigenvalue weighted by Crippen LogP contribution is 2.31. The van der Waals surface area contributed by atoms with Gasteiger partial charge in [0.25, 0.3) is 0 Å². The van der Waals surface area contributed by atoms with Gasteiger partial charge in [-0.25, -0.2) is 0 Å². The van der Waals surface area contributed by atoms with Crippen molar-refractivity contribution < 1.29 is 13.2 Å². The van der Waals surface area contributed by atoms with Crippen molar-refractivity contribution in [2.45, 2.75) is 12.2 Å². The molecule has 1 unspecified atom stereocenters. The molecule has 0 spiro atoms. The first-order valence-corrected chi connectivity index (χ1v) is 4.24. The number of nitrogens with zero attached hydrogens (tertiary/aromatic N) is 1. The van der Waals surface area contributed by atoms with Gasteiger partial charge >= 0.3 is 6.18 Å². The molecule has 0 aliphatic heterocycles. The van der Waals surface area contributed by atoms with Gasteiger partial charge in [-0.05, 0) is 11.6 Å². The van der Waals surface area contributed by atoms with Crippen molar-refractivity contribution in [1.82, 2.24) is 10.2 Å². The number of hydrogen-bond acceptors (Lipinski definition) is 2. The number of benzene rings is 1. The maximum atomic E-state index is 12.3. The molecule has 0 bridgehead atoms. The lowest BCUT2D eigenvalue weighted by molar-refractivity contribution is -0.149. The molecule has 1 aromatic carbocycles. The second-order valence-corrected chi connectivity index (χ2v) is 3.24. The summed E-state index contributed by atoms with van der Waals surface area (Å²) in [5.41, 5.74) is 5.65. The Labute approximate surface area is 83.1 Å². The van der Waals surface area contributed by atoms with Crippen molar-refractivity contribution in [3.05, 3.63) is 30.0 Å². The van der Waals surface area contributed by atoms with Crippen molar-refractivity contribution in [3.8, 4) is 0 Å². The van der Waals surface area contributed by atoms with Crippen LogP contribution in [0.3, 0.4) is 0 Å². The minimum absolute atomic E-state index is 0.0271. The Hall–Kier alpha value is -1.56. The molecule has 2 rings (SSSR count). The third kappa shape index (κ3) is 1.80.